The normalized spacial score (nSPS) is 21.8. The quantitative estimate of drug-likeness (QED) is 0.281. The monoisotopic (exact) mass is 437 g/mol. The number of rotatable bonds is 8. The number of hydrogen-bond acceptors (Lipinski definition) is 7. The van der Waals surface area contributed by atoms with Crippen LogP contribution in [-0.2, 0) is 19.1 Å². The zero-order chi connectivity index (χ0) is 22.7. The second-order valence-corrected chi connectivity index (χ2v) is 7.48. The molecule has 2 aromatic rings. The fourth-order valence-electron chi connectivity index (χ4n) is 3.54. The summed E-state index contributed by atoms with van der Waals surface area (Å²) in [4.78, 5) is 31.8. The summed E-state index contributed by atoms with van der Waals surface area (Å²) >= 11 is 0. The number of ether oxygens (including phenoxy) is 2. The van der Waals surface area contributed by atoms with Gasteiger partial charge in [-0.3, -0.25) is 4.79 Å². The van der Waals surface area contributed by atoms with Crippen LogP contribution in [0.4, 0.5) is 0 Å². The van der Waals surface area contributed by atoms with Gasteiger partial charge in [0.15, 0.2) is 11.3 Å². The molecule has 0 spiro atoms. The van der Waals surface area contributed by atoms with Gasteiger partial charge >= 0.3 is 5.97 Å². The lowest BCUT2D eigenvalue weighted by Gasteiger charge is -2.25. The fourth-order valence-corrected chi connectivity index (χ4v) is 3.54. The van der Waals surface area contributed by atoms with Crippen LogP contribution in [0.1, 0.15) is 18.9 Å². The molecular weight excluding hydrogens is 414 g/mol. The van der Waals surface area contributed by atoms with Crippen molar-refractivity contribution in [3.8, 4) is 0 Å². The van der Waals surface area contributed by atoms with E-state index in [1.807, 2.05) is 25.1 Å². The summed E-state index contributed by atoms with van der Waals surface area (Å²) in [6, 6.07) is 3.32. The van der Waals surface area contributed by atoms with Gasteiger partial charge in [-0.1, -0.05) is 13.0 Å². The third kappa shape index (κ3) is 4.28. The van der Waals surface area contributed by atoms with Crippen molar-refractivity contribution >= 4 is 28.9 Å². The zero-order valence-electron chi connectivity index (χ0n) is 17.4. The number of aliphatic carboxylic acids is 1. The van der Waals surface area contributed by atoms with E-state index in [9.17, 15) is 14.7 Å². The lowest BCUT2D eigenvalue weighted by atomic mass is 9.96. The molecule has 9 heteroatoms. The van der Waals surface area contributed by atoms with Gasteiger partial charge in [-0.2, -0.15) is 0 Å². The van der Waals surface area contributed by atoms with Crippen LogP contribution in [0, 0.1) is 5.92 Å². The Morgan fingerprint density at radius 2 is 2.28 bits per heavy atom. The topological polar surface area (TPSA) is 134 Å². The first kappa shape index (κ1) is 21.4. The first-order valence-corrected chi connectivity index (χ1v) is 10.2. The molecule has 0 fully saturated rings. The number of H-pyrrole nitrogens is 1. The van der Waals surface area contributed by atoms with E-state index in [4.69, 9.17) is 14.6 Å². The van der Waals surface area contributed by atoms with Crippen LogP contribution >= 0.6 is 0 Å². The van der Waals surface area contributed by atoms with Crippen LogP contribution in [-0.4, -0.2) is 51.2 Å². The van der Waals surface area contributed by atoms with Crippen molar-refractivity contribution in [2.24, 2.45) is 5.92 Å². The van der Waals surface area contributed by atoms with Gasteiger partial charge in [0.1, 0.15) is 11.4 Å². The maximum Gasteiger partial charge on any atom is 0.345 e. The van der Waals surface area contributed by atoms with E-state index in [1.165, 1.54) is 6.08 Å². The van der Waals surface area contributed by atoms with Crippen LogP contribution in [0.2, 0.25) is 0 Å². The number of allylic oxidation sites excluding steroid dienone is 2. The smallest absolute Gasteiger partial charge is 0.345 e. The molecular formula is C23H23N3O6. The Balaban J connectivity index is 1.53. The summed E-state index contributed by atoms with van der Waals surface area (Å²) in [5, 5.41) is 22.3. The summed E-state index contributed by atoms with van der Waals surface area (Å²) < 4.78 is 11.3. The van der Waals surface area contributed by atoms with Gasteiger partial charge in [-0.25, -0.2) is 9.78 Å². The molecule has 9 nitrogen and oxygen atoms in total. The summed E-state index contributed by atoms with van der Waals surface area (Å²) in [5.74, 6) is -1.62. The number of aromatic amines is 1. The molecule has 32 heavy (non-hydrogen) atoms. The first-order chi connectivity index (χ1) is 15.5. The van der Waals surface area contributed by atoms with Crippen molar-refractivity contribution in [1.29, 1.82) is 0 Å². The number of ketones is 1. The van der Waals surface area contributed by atoms with Gasteiger partial charge in [0, 0.05) is 42.3 Å². The predicted octanol–water partition coefficient (Wildman–Crippen LogP) is 2.25. The Morgan fingerprint density at radius 1 is 1.44 bits per heavy atom. The van der Waals surface area contributed by atoms with Crippen LogP contribution < -0.4 is 5.32 Å². The Bertz CT molecular complexity index is 1170. The maximum absolute atomic E-state index is 12.8. The van der Waals surface area contributed by atoms with E-state index >= 15 is 0 Å². The molecule has 2 aliphatic rings. The second kappa shape index (κ2) is 9.11. The number of aromatic nitrogens is 2. The number of pyridine rings is 1. The molecule has 1 aliphatic heterocycles. The molecule has 2 aromatic heterocycles. The van der Waals surface area contributed by atoms with E-state index < -0.39 is 17.3 Å². The van der Waals surface area contributed by atoms with Crippen molar-refractivity contribution in [2.45, 2.75) is 19.4 Å². The van der Waals surface area contributed by atoms with Crippen molar-refractivity contribution in [2.75, 3.05) is 13.2 Å². The molecule has 2 unspecified atom stereocenters. The fraction of sp³-hybridized carbons (Fsp3) is 0.261. The van der Waals surface area contributed by atoms with Gasteiger partial charge in [0.25, 0.3) is 0 Å². The average Bonchev–Trinajstić information content (AvgIpc) is 3.31. The maximum atomic E-state index is 12.8. The number of aliphatic hydroxyl groups excluding tert-OH is 1. The Labute approximate surface area is 183 Å². The molecule has 0 saturated heterocycles. The minimum absolute atomic E-state index is 0.0547. The SMILES string of the molecule is CC1C=C(OCCCO)C=CC1NC1=C(C(=O)O)C(=O)/C(=C/c2c[nH]c3ncccc23)O1. The standard InChI is InChI=1S/C23H23N3O6/c1-13-10-15(31-9-3-8-27)5-6-17(13)26-22-19(23(29)30)20(28)18(32-22)11-14-12-25-21-16(14)4-2-7-24-21/h2,4-7,10-13,17,26-27H,3,8-9H2,1H3,(H,24,25)(H,29,30)/b18-11-. The number of hydrogen-bond donors (Lipinski definition) is 4. The first-order valence-electron chi connectivity index (χ1n) is 10.2. The summed E-state index contributed by atoms with van der Waals surface area (Å²) in [5.41, 5.74) is 0.879. The molecule has 0 bridgehead atoms. The number of carbonyl (C=O) groups is 2. The van der Waals surface area contributed by atoms with Crippen molar-refractivity contribution in [3.63, 3.8) is 0 Å². The van der Waals surface area contributed by atoms with E-state index in [-0.39, 0.29) is 30.2 Å². The highest BCUT2D eigenvalue weighted by Crippen LogP contribution is 2.29. The van der Waals surface area contributed by atoms with Gasteiger partial charge in [0.2, 0.25) is 11.7 Å². The molecule has 0 aromatic carbocycles. The lowest BCUT2D eigenvalue weighted by Crippen LogP contribution is -2.34. The van der Waals surface area contributed by atoms with Crippen molar-refractivity contribution in [3.05, 3.63) is 71.3 Å². The van der Waals surface area contributed by atoms with Gasteiger partial charge in [-0.15, -0.1) is 0 Å². The summed E-state index contributed by atoms with van der Waals surface area (Å²) in [6.07, 6.45) is 10.9. The molecule has 1 aliphatic carbocycles. The van der Waals surface area contributed by atoms with Gasteiger partial charge in [-0.05, 0) is 30.4 Å². The number of aliphatic hydroxyl groups is 1. The van der Waals surface area contributed by atoms with E-state index in [0.717, 1.165) is 5.39 Å². The number of carboxylic acid groups (broad SMARTS) is 1. The summed E-state index contributed by atoms with van der Waals surface area (Å²) in [6.45, 7) is 2.39. The zero-order valence-corrected chi connectivity index (χ0v) is 17.4. The second-order valence-electron chi connectivity index (χ2n) is 7.48. The largest absolute Gasteiger partial charge is 0.494 e. The molecule has 0 saturated carbocycles. The number of fused-ring (bicyclic) bond motifs is 1. The molecule has 4 rings (SSSR count). The van der Waals surface area contributed by atoms with Crippen molar-refractivity contribution in [1.82, 2.24) is 15.3 Å². The van der Waals surface area contributed by atoms with Gasteiger partial charge < -0.3 is 30.0 Å². The number of nitrogens with one attached hydrogen (secondary N) is 2. The molecule has 4 N–H and O–H groups in total. The van der Waals surface area contributed by atoms with E-state index in [1.54, 1.807) is 24.5 Å². The minimum atomic E-state index is -1.36. The number of Topliss-reactive ketones (excluding diaryl/α,β-unsaturated/α-hetero) is 1. The number of carboxylic acids is 1. The number of nitrogens with zero attached hydrogens (tertiary/aromatic N) is 1. The Morgan fingerprint density at radius 3 is 3.03 bits per heavy atom. The Kier molecular flexibility index (Phi) is 6.09. The highest BCUT2D eigenvalue weighted by atomic mass is 16.5. The average molecular weight is 437 g/mol. The van der Waals surface area contributed by atoms with E-state index in [2.05, 4.69) is 15.3 Å². The molecule has 166 valence electrons. The Hall–Kier alpha value is -3.85. The van der Waals surface area contributed by atoms with Gasteiger partial charge in [0.05, 0.1) is 12.6 Å². The molecule has 3 heterocycles. The molecule has 0 amide bonds. The third-order valence-corrected chi connectivity index (χ3v) is 5.20. The van der Waals surface area contributed by atoms with Crippen LogP contribution in [0.15, 0.2) is 65.7 Å². The highest BCUT2D eigenvalue weighted by molar-refractivity contribution is 6.26. The lowest BCUT2D eigenvalue weighted by molar-refractivity contribution is -0.134. The predicted molar refractivity (Wildman–Crippen MR) is 116 cm³/mol. The highest BCUT2D eigenvalue weighted by Gasteiger charge is 2.37. The van der Waals surface area contributed by atoms with Crippen LogP contribution in [0.25, 0.3) is 17.1 Å². The third-order valence-electron chi connectivity index (χ3n) is 5.20. The molecule has 2 atom stereocenters. The van der Waals surface area contributed by atoms with Crippen LogP contribution in [0.5, 0.6) is 0 Å². The van der Waals surface area contributed by atoms with Crippen molar-refractivity contribution < 1.29 is 29.3 Å². The summed E-state index contributed by atoms with van der Waals surface area (Å²) in [7, 11) is 0. The molecule has 0 radical (unpaired) electrons. The minimum Gasteiger partial charge on any atom is -0.494 e. The van der Waals surface area contributed by atoms with E-state index in [0.29, 0.717) is 30.0 Å². The van der Waals surface area contributed by atoms with Crippen LogP contribution in [0.3, 0.4) is 0 Å². The number of carbonyl (C=O) groups excluding carboxylic acids is 1.